The van der Waals surface area contributed by atoms with Crippen molar-refractivity contribution in [2.75, 3.05) is 33.4 Å². The molecule has 0 radical (unpaired) electrons. The molecule has 134 valence electrons. The van der Waals surface area contributed by atoms with E-state index in [9.17, 15) is 4.39 Å². The summed E-state index contributed by atoms with van der Waals surface area (Å²) in [4.78, 5) is 5.15. The molecular formula is C20H31FN2O. The van der Waals surface area contributed by atoms with Gasteiger partial charge in [0.25, 0.3) is 0 Å². The number of rotatable bonds is 5. The van der Waals surface area contributed by atoms with E-state index in [1.165, 1.54) is 31.4 Å². The molecule has 0 N–H and O–H groups in total. The highest BCUT2D eigenvalue weighted by atomic mass is 19.1. The lowest BCUT2D eigenvalue weighted by Gasteiger charge is -2.39. The van der Waals surface area contributed by atoms with Crippen molar-refractivity contribution in [1.29, 1.82) is 0 Å². The molecule has 4 heteroatoms. The molecule has 0 aliphatic carbocycles. The van der Waals surface area contributed by atoms with Crippen molar-refractivity contribution >= 4 is 0 Å². The highest BCUT2D eigenvalue weighted by molar-refractivity contribution is 5.16. The number of piperidine rings is 1. The molecule has 1 aromatic carbocycles. The summed E-state index contributed by atoms with van der Waals surface area (Å²) in [6, 6.07) is 8.09. The summed E-state index contributed by atoms with van der Waals surface area (Å²) in [6.07, 6.45) is 3.79. The minimum atomic E-state index is -0.153. The van der Waals surface area contributed by atoms with Crippen LogP contribution in [0.3, 0.4) is 0 Å². The zero-order chi connectivity index (χ0) is 17.2. The molecule has 1 spiro atoms. The van der Waals surface area contributed by atoms with Crippen LogP contribution in [0.1, 0.15) is 38.7 Å². The number of likely N-dealkylation sites (tertiary alicyclic amines) is 2. The van der Waals surface area contributed by atoms with Gasteiger partial charge in [-0.1, -0.05) is 12.1 Å². The quantitative estimate of drug-likeness (QED) is 0.819. The van der Waals surface area contributed by atoms with Crippen LogP contribution < -0.4 is 0 Å². The summed E-state index contributed by atoms with van der Waals surface area (Å²) in [6.45, 7) is 9.87. The highest BCUT2D eigenvalue weighted by Gasteiger charge is 2.45. The van der Waals surface area contributed by atoms with Crippen LogP contribution in [0.25, 0.3) is 0 Å². The summed E-state index contributed by atoms with van der Waals surface area (Å²) < 4.78 is 18.5. The van der Waals surface area contributed by atoms with Crippen molar-refractivity contribution in [3.05, 3.63) is 35.6 Å². The second-order valence-corrected chi connectivity index (χ2v) is 7.98. The second-order valence-electron chi connectivity index (χ2n) is 7.98. The minimum absolute atomic E-state index is 0.153. The minimum Gasteiger partial charge on any atom is -0.383 e. The van der Waals surface area contributed by atoms with E-state index in [0.29, 0.717) is 17.5 Å². The third-order valence-corrected chi connectivity index (χ3v) is 5.91. The van der Waals surface area contributed by atoms with Gasteiger partial charge in [0.15, 0.2) is 0 Å². The molecule has 0 bridgehead atoms. The first-order valence-electron chi connectivity index (χ1n) is 9.23. The highest BCUT2D eigenvalue weighted by Crippen LogP contribution is 2.44. The lowest BCUT2D eigenvalue weighted by atomic mass is 9.76. The Kier molecular flexibility index (Phi) is 5.58. The van der Waals surface area contributed by atoms with E-state index in [1.54, 1.807) is 12.1 Å². The number of hydrogen-bond donors (Lipinski definition) is 0. The zero-order valence-corrected chi connectivity index (χ0v) is 15.3. The van der Waals surface area contributed by atoms with Crippen LogP contribution in [0.5, 0.6) is 0 Å². The van der Waals surface area contributed by atoms with Gasteiger partial charge in [0, 0.05) is 32.3 Å². The topological polar surface area (TPSA) is 15.7 Å². The Morgan fingerprint density at radius 2 is 1.88 bits per heavy atom. The van der Waals surface area contributed by atoms with Crippen LogP contribution in [0.2, 0.25) is 0 Å². The van der Waals surface area contributed by atoms with E-state index in [4.69, 9.17) is 4.74 Å². The molecule has 2 aliphatic rings. The fraction of sp³-hybridized carbons (Fsp3) is 0.700. The molecule has 1 atom stereocenters. The molecule has 2 saturated heterocycles. The Morgan fingerprint density at radius 1 is 1.21 bits per heavy atom. The standard InChI is InChI=1S/C20H31FN2O/c1-16(2)23-15-20(12-19(23)14-24-3)8-10-22(11-9-20)13-17-4-6-18(21)7-5-17/h4-7,16,19H,8-15H2,1-3H3/t19-/m0/s1. The number of nitrogens with zero attached hydrogens (tertiary/aromatic N) is 2. The maximum absolute atomic E-state index is 13.0. The predicted molar refractivity (Wildman–Crippen MR) is 95.5 cm³/mol. The molecule has 0 unspecified atom stereocenters. The van der Waals surface area contributed by atoms with Gasteiger partial charge in [-0.25, -0.2) is 4.39 Å². The lowest BCUT2D eigenvalue weighted by molar-refractivity contribution is 0.0915. The van der Waals surface area contributed by atoms with Crippen LogP contribution >= 0.6 is 0 Å². The third kappa shape index (κ3) is 3.98. The van der Waals surface area contributed by atoms with Gasteiger partial charge in [-0.05, 0) is 69.3 Å². The van der Waals surface area contributed by atoms with Crippen LogP contribution in [-0.4, -0.2) is 55.2 Å². The SMILES string of the molecule is COC[C@@H]1CC2(CCN(Cc3ccc(F)cc3)CC2)CN1C(C)C. The lowest BCUT2D eigenvalue weighted by Crippen LogP contribution is -2.42. The Morgan fingerprint density at radius 3 is 2.46 bits per heavy atom. The van der Waals surface area contributed by atoms with Gasteiger partial charge in [-0.3, -0.25) is 9.80 Å². The summed E-state index contributed by atoms with van der Waals surface area (Å²) in [7, 11) is 1.81. The smallest absolute Gasteiger partial charge is 0.123 e. The van der Waals surface area contributed by atoms with Gasteiger partial charge in [0.1, 0.15) is 5.82 Å². The van der Waals surface area contributed by atoms with E-state index in [1.807, 2.05) is 19.2 Å². The van der Waals surface area contributed by atoms with E-state index in [0.717, 1.165) is 26.2 Å². The average molecular weight is 334 g/mol. The molecule has 24 heavy (non-hydrogen) atoms. The van der Waals surface area contributed by atoms with Crippen molar-refractivity contribution in [3.63, 3.8) is 0 Å². The summed E-state index contributed by atoms with van der Waals surface area (Å²) in [5, 5.41) is 0. The number of benzene rings is 1. The van der Waals surface area contributed by atoms with Gasteiger partial charge in [-0.2, -0.15) is 0 Å². The zero-order valence-electron chi connectivity index (χ0n) is 15.3. The number of methoxy groups -OCH3 is 1. The molecule has 0 saturated carbocycles. The monoisotopic (exact) mass is 334 g/mol. The normalized spacial score (nSPS) is 25.0. The molecule has 2 aliphatic heterocycles. The largest absolute Gasteiger partial charge is 0.383 e. The van der Waals surface area contributed by atoms with Crippen molar-refractivity contribution < 1.29 is 9.13 Å². The Balaban J connectivity index is 1.57. The van der Waals surface area contributed by atoms with Gasteiger partial charge in [0.05, 0.1) is 6.61 Å². The molecule has 0 amide bonds. The second kappa shape index (κ2) is 7.51. The first kappa shape index (κ1) is 17.8. The molecule has 3 rings (SSSR count). The van der Waals surface area contributed by atoms with E-state index < -0.39 is 0 Å². The Labute approximate surface area is 145 Å². The molecular weight excluding hydrogens is 303 g/mol. The number of halogens is 1. The van der Waals surface area contributed by atoms with E-state index >= 15 is 0 Å². The number of hydrogen-bond acceptors (Lipinski definition) is 3. The van der Waals surface area contributed by atoms with Crippen LogP contribution in [0.15, 0.2) is 24.3 Å². The van der Waals surface area contributed by atoms with Gasteiger partial charge >= 0.3 is 0 Å². The Hall–Kier alpha value is -0.970. The van der Waals surface area contributed by atoms with Crippen molar-refractivity contribution in [3.8, 4) is 0 Å². The van der Waals surface area contributed by atoms with Gasteiger partial charge < -0.3 is 4.74 Å². The van der Waals surface area contributed by atoms with Crippen LogP contribution in [0.4, 0.5) is 4.39 Å². The maximum Gasteiger partial charge on any atom is 0.123 e. The molecule has 2 fully saturated rings. The average Bonchev–Trinajstić information content (AvgIpc) is 2.91. The predicted octanol–water partition coefficient (Wildman–Crippen LogP) is 3.54. The van der Waals surface area contributed by atoms with Gasteiger partial charge in [0.2, 0.25) is 0 Å². The molecule has 2 heterocycles. The molecule has 1 aromatic rings. The fourth-order valence-corrected chi connectivity index (χ4v) is 4.55. The number of ether oxygens (including phenoxy) is 1. The summed E-state index contributed by atoms with van der Waals surface area (Å²) in [5.74, 6) is -0.153. The van der Waals surface area contributed by atoms with Crippen molar-refractivity contribution in [2.24, 2.45) is 5.41 Å². The first-order valence-corrected chi connectivity index (χ1v) is 9.23. The Bertz CT molecular complexity index is 523. The van der Waals surface area contributed by atoms with Crippen molar-refractivity contribution in [2.45, 2.75) is 51.7 Å². The van der Waals surface area contributed by atoms with Crippen LogP contribution in [-0.2, 0) is 11.3 Å². The fourth-order valence-electron chi connectivity index (χ4n) is 4.55. The third-order valence-electron chi connectivity index (χ3n) is 5.91. The van der Waals surface area contributed by atoms with E-state index in [-0.39, 0.29) is 5.82 Å². The van der Waals surface area contributed by atoms with Gasteiger partial charge in [-0.15, -0.1) is 0 Å². The van der Waals surface area contributed by atoms with Crippen LogP contribution in [0, 0.1) is 11.2 Å². The van der Waals surface area contributed by atoms with Crippen molar-refractivity contribution in [1.82, 2.24) is 9.80 Å². The molecule has 0 aromatic heterocycles. The molecule has 3 nitrogen and oxygen atoms in total. The maximum atomic E-state index is 13.0. The summed E-state index contributed by atoms with van der Waals surface area (Å²) in [5.41, 5.74) is 1.67. The first-order chi connectivity index (χ1) is 11.5. The van der Waals surface area contributed by atoms with E-state index in [2.05, 4.69) is 23.6 Å². The summed E-state index contributed by atoms with van der Waals surface area (Å²) >= 11 is 0.